The van der Waals surface area contributed by atoms with Crippen LogP contribution in [0.25, 0.3) is 0 Å². The number of carbonyl (C=O) groups excluding carboxylic acids is 2. The normalized spacial score (nSPS) is 10.5. The molecule has 0 saturated heterocycles. The lowest BCUT2D eigenvalue weighted by Gasteiger charge is -2.11. The summed E-state index contributed by atoms with van der Waals surface area (Å²) < 4.78 is 5.18. The third-order valence-corrected chi connectivity index (χ3v) is 5.01. The topological polar surface area (TPSA) is 91.6 Å². The minimum Gasteiger partial charge on any atom is -0.506 e. The highest BCUT2D eigenvalue weighted by Gasteiger charge is 2.14. The number of carbonyl (C=O) groups is 2. The standard InChI is InChI=1S/C21H20N2O4S/c1-14-8-9-17(18(24)11-14)23-21(26)16-6-2-3-7-19(16)28-13-20(25)22-12-15-5-4-10-27-15/h2-11,24H,12-13H2,1H3,(H,22,25)(H,23,26). The van der Waals surface area contributed by atoms with E-state index in [0.29, 0.717) is 28.5 Å². The zero-order valence-corrected chi connectivity index (χ0v) is 16.1. The number of nitrogens with one attached hydrogen (secondary N) is 2. The van der Waals surface area contributed by atoms with Gasteiger partial charge in [0.25, 0.3) is 5.91 Å². The second-order valence-electron chi connectivity index (χ2n) is 6.12. The molecule has 0 aliphatic rings. The van der Waals surface area contributed by atoms with E-state index in [9.17, 15) is 14.7 Å². The van der Waals surface area contributed by atoms with Crippen molar-refractivity contribution in [3.05, 3.63) is 77.7 Å². The molecule has 0 atom stereocenters. The fraction of sp³-hybridized carbons (Fsp3) is 0.143. The minimum absolute atomic E-state index is 0.00999. The van der Waals surface area contributed by atoms with Crippen molar-refractivity contribution >= 4 is 29.3 Å². The highest BCUT2D eigenvalue weighted by atomic mass is 32.2. The number of rotatable bonds is 7. The summed E-state index contributed by atoms with van der Waals surface area (Å²) in [5.74, 6) is 0.346. The summed E-state index contributed by atoms with van der Waals surface area (Å²) in [6.45, 7) is 2.18. The van der Waals surface area contributed by atoms with Crippen molar-refractivity contribution in [2.24, 2.45) is 0 Å². The van der Waals surface area contributed by atoms with Crippen molar-refractivity contribution in [2.75, 3.05) is 11.1 Å². The fourth-order valence-corrected chi connectivity index (χ4v) is 3.39. The fourth-order valence-electron chi connectivity index (χ4n) is 2.51. The molecule has 3 rings (SSSR count). The van der Waals surface area contributed by atoms with Crippen LogP contribution in [0.15, 0.2) is 70.2 Å². The van der Waals surface area contributed by atoms with Crippen LogP contribution in [-0.2, 0) is 11.3 Å². The van der Waals surface area contributed by atoms with E-state index < -0.39 is 0 Å². The molecule has 6 nitrogen and oxygen atoms in total. The Morgan fingerprint density at radius 3 is 2.68 bits per heavy atom. The summed E-state index contributed by atoms with van der Waals surface area (Å²) in [4.78, 5) is 25.4. The molecule has 0 radical (unpaired) electrons. The van der Waals surface area contributed by atoms with E-state index in [4.69, 9.17) is 4.42 Å². The van der Waals surface area contributed by atoms with Crippen molar-refractivity contribution in [3.8, 4) is 5.75 Å². The number of furan rings is 1. The zero-order chi connectivity index (χ0) is 19.9. The van der Waals surface area contributed by atoms with Gasteiger partial charge in [0.1, 0.15) is 11.5 Å². The van der Waals surface area contributed by atoms with Gasteiger partial charge >= 0.3 is 0 Å². The SMILES string of the molecule is Cc1ccc(NC(=O)c2ccccc2SCC(=O)NCc2ccco2)c(O)c1. The first-order chi connectivity index (χ1) is 13.5. The summed E-state index contributed by atoms with van der Waals surface area (Å²) in [7, 11) is 0. The largest absolute Gasteiger partial charge is 0.506 e. The van der Waals surface area contributed by atoms with Crippen LogP contribution in [0.4, 0.5) is 5.69 Å². The number of anilines is 1. The number of phenols is 1. The third-order valence-electron chi connectivity index (χ3n) is 3.93. The quantitative estimate of drug-likeness (QED) is 0.415. The third kappa shape index (κ3) is 5.17. The van der Waals surface area contributed by atoms with Gasteiger partial charge in [0.05, 0.1) is 29.8 Å². The molecule has 0 spiro atoms. The van der Waals surface area contributed by atoms with Gasteiger partial charge in [-0.2, -0.15) is 0 Å². The lowest BCUT2D eigenvalue weighted by atomic mass is 10.2. The van der Waals surface area contributed by atoms with E-state index in [-0.39, 0.29) is 23.3 Å². The Hall–Kier alpha value is -3.19. The molecule has 3 aromatic rings. The molecule has 3 N–H and O–H groups in total. The van der Waals surface area contributed by atoms with E-state index in [0.717, 1.165) is 5.56 Å². The molecule has 0 aliphatic heterocycles. The smallest absolute Gasteiger partial charge is 0.256 e. The molecular formula is C21H20N2O4S. The minimum atomic E-state index is -0.349. The predicted octanol–water partition coefficient (Wildman–Crippen LogP) is 3.95. The molecule has 0 aliphatic carbocycles. The Labute approximate surface area is 167 Å². The maximum Gasteiger partial charge on any atom is 0.256 e. The van der Waals surface area contributed by atoms with Gasteiger partial charge in [0, 0.05) is 4.90 Å². The summed E-state index contributed by atoms with van der Waals surface area (Å²) in [6, 6.07) is 15.6. The number of benzene rings is 2. The highest BCUT2D eigenvalue weighted by molar-refractivity contribution is 8.00. The maximum atomic E-state index is 12.6. The van der Waals surface area contributed by atoms with Crippen LogP contribution in [-0.4, -0.2) is 22.7 Å². The molecule has 1 heterocycles. The lowest BCUT2D eigenvalue weighted by molar-refractivity contribution is -0.118. The Morgan fingerprint density at radius 1 is 1.11 bits per heavy atom. The summed E-state index contributed by atoms with van der Waals surface area (Å²) in [5.41, 5.74) is 1.67. The van der Waals surface area contributed by atoms with Crippen LogP contribution in [0.5, 0.6) is 5.75 Å². The summed E-state index contributed by atoms with van der Waals surface area (Å²) in [6.07, 6.45) is 1.55. The van der Waals surface area contributed by atoms with E-state index in [1.165, 1.54) is 11.8 Å². The van der Waals surface area contributed by atoms with Crippen LogP contribution in [0, 0.1) is 6.92 Å². The number of amides is 2. The molecule has 2 aromatic carbocycles. The molecular weight excluding hydrogens is 376 g/mol. The van der Waals surface area contributed by atoms with Crippen LogP contribution in [0.1, 0.15) is 21.7 Å². The van der Waals surface area contributed by atoms with E-state index >= 15 is 0 Å². The van der Waals surface area contributed by atoms with Gasteiger partial charge in [0.2, 0.25) is 5.91 Å². The van der Waals surface area contributed by atoms with Gasteiger partial charge in [-0.3, -0.25) is 9.59 Å². The van der Waals surface area contributed by atoms with Crippen LogP contribution >= 0.6 is 11.8 Å². The molecule has 0 bridgehead atoms. The molecule has 28 heavy (non-hydrogen) atoms. The molecule has 0 fully saturated rings. The molecule has 7 heteroatoms. The molecule has 144 valence electrons. The Bertz CT molecular complexity index is 970. The highest BCUT2D eigenvalue weighted by Crippen LogP contribution is 2.27. The van der Waals surface area contributed by atoms with Crippen LogP contribution < -0.4 is 10.6 Å². The second-order valence-corrected chi connectivity index (χ2v) is 7.13. The van der Waals surface area contributed by atoms with Gasteiger partial charge in [-0.05, 0) is 48.9 Å². The van der Waals surface area contributed by atoms with Gasteiger partial charge in [-0.1, -0.05) is 18.2 Å². The van der Waals surface area contributed by atoms with Crippen LogP contribution in [0.3, 0.4) is 0 Å². The zero-order valence-electron chi connectivity index (χ0n) is 15.3. The van der Waals surface area contributed by atoms with E-state index in [2.05, 4.69) is 10.6 Å². The molecule has 1 aromatic heterocycles. The first kappa shape index (κ1) is 19.6. The van der Waals surface area contributed by atoms with E-state index in [1.54, 1.807) is 54.8 Å². The van der Waals surface area contributed by atoms with Crippen molar-refractivity contribution in [1.82, 2.24) is 5.32 Å². The number of thioether (sulfide) groups is 1. The molecule has 2 amide bonds. The van der Waals surface area contributed by atoms with Crippen molar-refractivity contribution in [2.45, 2.75) is 18.4 Å². The summed E-state index contributed by atoms with van der Waals surface area (Å²) >= 11 is 1.27. The van der Waals surface area contributed by atoms with E-state index in [1.807, 2.05) is 13.0 Å². The molecule has 0 unspecified atom stereocenters. The number of aromatic hydroxyl groups is 1. The Balaban J connectivity index is 1.61. The molecule has 0 saturated carbocycles. The van der Waals surface area contributed by atoms with Gasteiger partial charge in [-0.15, -0.1) is 11.8 Å². The first-order valence-electron chi connectivity index (χ1n) is 8.65. The number of hydrogen-bond donors (Lipinski definition) is 3. The van der Waals surface area contributed by atoms with Crippen molar-refractivity contribution in [1.29, 1.82) is 0 Å². The average Bonchev–Trinajstić information content (AvgIpc) is 3.21. The predicted molar refractivity (Wildman–Crippen MR) is 109 cm³/mol. The Morgan fingerprint density at radius 2 is 1.93 bits per heavy atom. The maximum absolute atomic E-state index is 12.6. The first-order valence-corrected chi connectivity index (χ1v) is 9.63. The van der Waals surface area contributed by atoms with Crippen molar-refractivity contribution in [3.63, 3.8) is 0 Å². The number of phenolic OH excluding ortho intramolecular Hbond substituents is 1. The Kier molecular flexibility index (Phi) is 6.39. The van der Waals surface area contributed by atoms with Gasteiger partial charge in [-0.25, -0.2) is 0 Å². The van der Waals surface area contributed by atoms with Gasteiger partial charge < -0.3 is 20.2 Å². The van der Waals surface area contributed by atoms with Gasteiger partial charge in [0.15, 0.2) is 0 Å². The summed E-state index contributed by atoms with van der Waals surface area (Å²) in [5, 5.41) is 15.5. The number of aryl methyl sites for hydroxylation is 1. The lowest BCUT2D eigenvalue weighted by Crippen LogP contribution is -2.24. The van der Waals surface area contributed by atoms with Crippen molar-refractivity contribution < 1.29 is 19.1 Å². The second kappa shape index (κ2) is 9.14. The van der Waals surface area contributed by atoms with Crippen LogP contribution in [0.2, 0.25) is 0 Å². The monoisotopic (exact) mass is 396 g/mol. The number of hydrogen-bond acceptors (Lipinski definition) is 5. The average molecular weight is 396 g/mol.